The van der Waals surface area contributed by atoms with E-state index in [1.165, 1.54) is 32.5 Å². The quantitative estimate of drug-likeness (QED) is 0.674. The van der Waals surface area contributed by atoms with Gasteiger partial charge in [0.15, 0.2) is 0 Å². The van der Waals surface area contributed by atoms with E-state index in [0.717, 1.165) is 12.3 Å². The normalized spacial score (nSPS) is 27.5. The molecule has 2 atom stereocenters. The van der Waals surface area contributed by atoms with Gasteiger partial charge in [-0.05, 0) is 45.2 Å². The Hall–Kier alpha value is -0.120. The van der Waals surface area contributed by atoms with Crippen LogP contribution >= 0.6 is 0 Å². The van der Waals surface area contributed by atoms with E-state index in [4.69, 9.17) is 10.7 Å². The predicted octanol–water partition coefficient (Wildman–Crippen LogP) is 1.39. The molecule has 0 aliphatic carbocycles. The lowest BCUT2D eigenvalue weighted by Crippen LogP contribution is -2.36. The fourth-order valence-corrected chi connectivity index (χ4v) is 2.16. The van der Waals surface area contributed by atoms with Crippen LogP contribution in [0.3, 0.4) is 0 Å². The molecular formula is C10H22N2O. The van der Waals surface area contributed by atoms with Crippen molar-refractivity contribution in [1.29, 1.82) is 0 Å². The molecule has 13 heavy (non-hydrogen) atoms. The van der Waals surface area contributed by atoms with Gasteiger partial charge in [-0.15, -0.1) is 0 Å². The maximum Gasteiger partial charge on any atom is 0.0762 e. The number of hydrogen-bond acceptors (Lipinski definition) is 3. The standard InChI is InChI=1S/C10H22N2O/c1-3-12-6-4-5-10(8-12)7-9(2)13-11/h9-10H,3-8,11H2,1-2H3. The van der Waals surface area contributed by atoms with Gasteiger partial charge in [-0.3, -0.25) is 0 Å². The molecule has 3 nitrogen and oxygen atoms in total. The van der Waals surface area contributed by atoms with Crippen LogP contribution in [0.1, 0.15) is 33.1 Å². The molecule has 1 aliphatic heterocycles. The second kappa shape index (κ2) is 5.58. The lowest BCUT2D eigenvalue weighted by molar-refractivity contribution is 0.0363. The Morgan fingerprint density at radius 2 is 2.38 bits per heavy atom. The molecule has 1 heterocycles. The van der Waals surface area contributed by atoms with E-state index in [-0.39, 0.29) is 6.10 Å². The summed E-state index contributed by atoms with van der Waals surface area (Å²) in [7, 11) is 0. The Bertz CT molecular complexity index is 139. The highest BCUT2D eigenvalue weighted by Gasteiger charge is 2.20. The van der Waals surface area contributed by atoms with Crippen molar-refractivity contribution in [2.45, 2.75) is 39.2 Å². The van der Waals surface area contributed by atoms with E-state index < -0.39 is 0 Å². The Morgan fingerprint density at radius 1 is 1.62 bits per heavy atom. The van der Waals surface area contributed by atoms with Gasteiger partial charge in [-0.2, -0.15) is 0 Å². The highest BCUT2D eigenvalue weighted by Crippen LogP contribution is 2.21. The molecule has 0 aromatic heterocycles. The summed E-state index contributed by atoms with van der Waals surface area (Å²) in [5.74, 6) is 5.93. The Balaban J connectivity index is 2.25. The number of nitrogens with zero attached hydrogens (tertiary/aromatic N) is 1. The van der Waals surface area contributed by atoms with Gasteiger partial charge in [0.1, 0.15) is 0 Å². The molecule has 1 aliphatic rings. The molecule has 1 rings (SSSR count). The van der Waals surface area contributed by atoms with Crippen LogP contribution in [0.25, 0.3) is 0 Å². The zero-order valence-electron chi connectivity index (χ0n) is 8.83. The molecule has 0 saturated carbocycles. The first-order chi connectivity index (χ1) is 6.26. The Kier molecular flexibility index (Phi) is 4.70. The molecule has 2 N–H and O–H groups in total. The van der Waals surface area contributed by atoms with Gasteiger partial charge >= 0.3 is 0 Å². The molecule has 0 aromatic carbocycles. The number of rotatable bonds is 4. The summed E-state index contributed by atoms with van der Waals surface area (Å²) in [4.78, 5) is 7.31. The largest absolute Gasteiger partial charge is 0.303 e. The summed E-state index contributed by atoms with van der Waals surface area (Å²) in [6, 6.07) is 0. The van der Waals surface area contributed by atoms with Crippen LogP contribution in [-0.4, -0.2) is 30.6 Å². The van der Waals surface area contributed by atoms with E-state index in [2.05, 4.69) is 11.8 Å². The summed E-state index contributed by atoms with van der Waals surface area (Å²) in [5, 5.41) is 0. The van der Waals surface area contributed by atoms with E-state index >= 15 is 0 Å². The summed E-state index contributed by atoms with van der Waals surface area (Å²) in [6.07, 6.45) is 3.98. The molecule has 1 saturated heterocycles. The number of piperidine rings is 1. The number of hydrogen-bond donors (Lipinski definition) is 1. The van der Waals surface area contributed by atoms with Gasteiger partial charge in [0.05, 0.1) is 6.10 Å². The lowest BCUT2D eigenvalue weighted by Gasteiger charge is -2.32. The van der Waals surface area contributed by atoms with E-state index in [9.17, 15) is 0 Å². The number of likely N-dealkylation sites (tertiary alicyclic amines) is 1. The van der Waals surface area contributed by atoms with Crippen molar-refractivity contribution >= 4 is 0 Å². The van der Waals surface area contributed by atoms with Gasteiger partial charge in [-0.1, -0.05) is 6.92 Å². The average Bonchev–Trinajstić information content (AvgIpc) is 2.18. The highest BCUT2D eigenvalue weighted by molar-refractivity contribution is 4.73. The minimum absolute atomic E-state index is 0.210. The molecular weight excluding hydrogens is 164 g/mol. The predicted molar refractivity (Wildman–Crippen MR) is 54.2 cm³/mol. The molecule has 0 radical (unpaired) electrons. The van der Waals surface area contributed by atoms with Crippen LogP contribution in [-0.2, 0) is 4.84 Å². The van der Waals surface area contributed by atoms with E-state index in [1.807, 2.05) is 6.92 Å². The third-order valence-corrected chi connectivity index (χ3v) is 2.95. The van der Waals surface area contributed by atoms with E-state index in [0.29, 0.717) is 0 Å². The van der Waals surface area contributed by atoms with Crippen molar-refractivity contribution in [3.8, 4) is 0 Å². The minimum atomic E-state index is 0.210. The van der Waals surface area contributed by atoms with Crippen LogP contribution in [0.2, 0.25) is 0 Å². The maximum absolute atomic E-state index is 5.14. The molecule has 1 fully saturated rings. The van der Waals surface area contributed by atoms with Gasteiger partial charge in [-0.25, -0.2) is 5.90 Å². The van der Waals surface area contributed by atoms with Crippen LogP contribution in [0.15, 0.2) is 0 Å². The van der Waals surface area contributed by atoms with Gasteiger partial charge < -0.3 is 9.74 Å². The topological polar surface area (TPSA) is 38.5 Å². The Morgan fingerprint density at radius 3 is 3.00 bits per heavy atom. The summed E-state index contributed by atoms with van der Waals surface area (Å²) >= 11 is 0. The molecule has 0 aromatic rings. The second-order valence-corrected chi connectivity index (χ2v) is 4.08. The van der Waals surface area contributed by atoms with E-state index in [1.54, 1.807) is 0 Å². The molecule has 0 spiro atoms. The molecule has 3 heteroatoms. The minimum Gasteiger partial charge on any atom is -0.303 e. The highest BCUT2D eigenvalue weighted by atomic mass is 16.6. The van der Waals surface area contributed by atoms with Crippen molar-refractivity contribution in [3.05, 3.63) is 0 Å². The third-order valence-electron chi connectivity index (χ3n) is 2.95. The molecule has 2 unspecified atom stereocenters. The first-order valence-corrected chi connectivity index (χ1v) is 5.34. The zero-order chi connectivity index (χ0) is 9.68. The molecule has 78 valence electrons. The number of nitrogens with two attached hydrogens (primary N) is 1. The third kappa shape index (κ3) is 3.63. The van der Waals surface area contributed by atoms with Gasteiger partial charge in [0.25, 0.3) is 0 Å². The van der Waals surface area contributed by atoms with Crippen molar-refractivity contribution in [2.24, 2.45) is 11.8 Å². The van der Waals surface area contributed by atoms with Crippen molar-refractivity contribution in [1.82, 2.24) is 4.90 Å². The fraction of sp³-hybridized carbons (Fsp3) is 1.00. The summed E-state index contributed by atoms with van der Waals surface area (Å²) < 4.78 is 0. The van der Waals surface area contributed by atoms with Crippen molar-refractivity contribution in [3.63, 3.8) is 0 Å². The second-order valence-electron chi connectivity index (χ2n) is 4.08. The fourth-order valence-electron chi connectivity index (χ4n) is 2.16. The van der Waals surface area contributed by atoms with Crippen LogP contribution < -0.4 is 5.90 Å². The maximum atomic E-state index is 5.14. The van der Waals surface area contributed by atoms with Crippen molar-refractivity contribution < 1.29 is 4.84 Å². The average molecular weight is 186 g/mol. The summed E-state index contributed by atoms with van der Waals surface area (Å²) in [5.41, 5.74) is 0. The zero-order valence-corrected chi connectivity index (χ0v) is 8.83. The first kappa shape index (κ1) is 11.0. The Labute approximate surface area is 81.2 Å². The first-order valence-electron chi connectivity index (χ1n) is 5.34. The van der Waals surface area contributed by atoms with Crippen LogP contribution in [0.5, 0.6) is 0 Å². The van der Waals surface area contributed by atoms with Gasteiger partial charge in [0.2, 0.25) is 0 Å². The molecule has 0 bridgehead atoms. The SMILES string of the molecule is CCN1CCCC(CC(C)ON)C1. The monoisotopic (exact) mass is 186 g/mol. The van der Waals surface area contributed by atoms with Crippen molar-refractivity contribution in [2.75, 3.05) is 19.6 Å². The van der Waals surface area contributed by atoms with Crippen LogP contribution in [0, 0.1) is 5.92 Å². The smallest absolute Gasteiger partial charge is 0.0762 e. The van der Waals surface area contributed by atoms with Crippen LogP contribution in [0.4, 0.5) is 0 Å². The van der Waals surface area contributed by atoms with Gasteiger partial charge in [0, 0.05) is 6.54 Å². The summed E-state index contributed by atoms with van der Waals surface area (Å²) in [6.45, 7) is 7.94. The lowest BCUT2D eigenvalue weighted by atomic mass is 9.93. The molecule has 0 amide bonds.